The van der Waals surface area contributed by atoms with Crippen molar-refractivity contribution >= 4 is 17.4 Å². The van der Waals surface area contributed by atoms with Crippen molar-refractivity contribution in [1.82, 2.24) is 15.1 Å². The molecular formula is C14H21ClN4. The van der Waals surface area contributed by atoms with E-state index in [2.05, 4.69) is 26.9 Å². The van der Waals surface area contributed by atoms with Crippen LogP contribution in [0.3, 0.4) is 0 Å². The molecule has 0 N–H and O–H groups in total. The molecule has 5 heteroatoms. The van der Waals surface area contributed by atoms with Crippen LogP contribution in [0.4, 0.5) is 5.82 Å². The second-order valence-electron chi connectivity index (χ2n) is 5.80. The Bertz CT molecular complexity index is 465. The van der Waals surface area contributed by atoms with Crippen LogP contribution in [0.15, 0.2) is 0 Å². The van der Waals surface area contributed by atoms with Gasteiger partial charge in [0, 0.05) is 32.7 Å². The first-order valence-electron chi connectivity index (χ1n) is 7.12. The summed E-state index contributed by atoms with van der Waals surface area (Å²) in [7, 11) is 0. The first-order chi connectivity index (χ1) is 9.15. The number of hydrogen-bond acceptors (Lipinski definition) is 4. The van der Waals surface area contributed by atoms with Crippen LogP contribution in [0.2, 0.25) is 5.15 Å². The van der Waals surface area contributed by atoms with Crippen molar-refractivity contribution in [3.63, 3.8) is 0 Å². The van der Waals surface area contributed by atoms with Crippen LogP contribution < -0.4 is 4.90 Å². The average molecular weight is 281 g/mol. The molecule has 0 bridgehead atoms. The second kappa shape index (κ2) is 5.25. The summed E-state index contributed by atoms with van der Waals surface area (Å²) >= 11 is 6.01. The van der Waals surface area contributed by atoms with E-state index >= 15 is 0 Å². The molecule has 4 nitrogen and oxygen atoms in total. The number of piperazine rings is 1. The summed E-state index contributed by atoms with van der Waals surface area (Å²) in [5.41, 5.74) is 2.21. The summed E-state index contributed by atoms with van der Waals surface area (Å²) in [4.78, 5) is 4.93. The Balaban J connectivity index is 1.65. The summed E-state index contributed by atoms with van der Waals surface area (Å²) in [5.74, 6) is 1.99. The predicted molar refractivity (Wildman–Crippen MR) is 77.9 cm³/mol. The van der Waals surface area contributed by atoms with Gasteiger partial charge in [0.1, 0.15) is 0 Å². The van der Waals surface area contributed by atoms with Crippen molar-refractivity contribution in [3.8, 4) is 0 Å². The molecule has 1 saturated heterocycles. The summed E-state index contributed by atoms with van der Waals surface area (Å²) in [6, 6.07) is 0. The average Bonchev–Trinajstić information content (AvgIpc) is 3.22. The monoisotopic (exact) mass is 280 g/mol. The predicted octanol–water partition coefficient (Wildman–Crippen LogP) is 2.28. The third-order valence-electron chi connectivity index (χ3n) is 4.33. The topological polar surface area (TPSA) is 32.3 Å². The Morgan fingerprint density at radius 3 is 2.37 bits per heavy atom. The molecule has 3 rings (SSSR count). The largest absolute Gasteiger partial charge is 0.352 e. The fraction of sp³-hybridized carbons (Fsp3) is 0.714. The second-order valence-corrected chi connectivity index (χ2v) is 6.15. The Labute approximate surface area is 119 Å². The molecule has 19 heavy (non-hydrogen) atoms. The lowest BCUT2D eigenvalue weighted by atomic mass is 10.1. The van der Waals surface area contributed by atoms with Crippen LogP contribution in [0.5, 0.6) is 0 Å². The Morgan fingerprint density at radius 2 is 1.74 bits per heavy atom. The molecule has 0 spiro atoms. The van der Waals surface area contributed by atoms with Crippen LogP contribution in [0.25, 0.3) is 0 Å². The standard InChI is InChI=1S/C14H21ClN4/c1-10-11(2)14(17-16-13(10)15)19-7-5-18(6-8-19)9-12-3-4-12/h12H,3-9H2,1-2H3. The third-order valence-corrected chi connectivity index (χ3v) is 4.68. The van der Waals surface area contributed by atoms with Crippen molar-refractivity contribution in [2.24, 2.45) is 5.92 Å². The van der Waals surface area contributed by atoms with Crippen LogP contribution in [0, 0.1) is 19.8 Å². The molecule has 2 heterocycles. The molecule has 1 aliphatic heterocycles. The first kappa shape index (κ1) is 13.1. The zero-order valence-electron chi connectivity index (χ0n) is 11.7. The first-order valence-corrected chi connectivity index (χ1v) is 7.49. The van der Waals surface area contributed by atoms with Crippen molar-refractivity contribution < 1.29 is 0 Å². The number of aromatic nitrogens is 2. The maximum Gasteiger partial charge on any atom is 0.155 e. The fourth-order valence-corrected chi connectivity index (χ4v) is 2.85. The quantitative estimate of drug-likeness (QED) is 0.850. The molecule has 2 aliphatic rings. The van der Waals surface area contributed by atoms with Crippen molar-refractivity contribution in [3.05, 3.63) is 16.3 Å². The number of rotatable bonds is 3. The van der Waals surface area contributed by atoms with Gasteiger partial charge < -0.3 is 4.90 Å². The molecule has 1 aromatic rings. The van der Waals surface area contributed by atoms with E-state index < -0.39 is 0 Å². The van der Waals surface area contributed by atoms with Crippen molar-refractivity contribution in [2.75, 3.05) is 37.6 Å². The molecule has 1 aromatic heterocycles. The Morgan fingerprint density at radius 1 is 1.05 bits per heavy atom. The van der Waals surface area contributed by atoms with Crippen LogP contribution >= 0.6 is 11.6 Å². The van der Waals surface area contributed by atoms with Gasteiger partial charge in [0.15, 0.2) is 11.0 Å². The van der Waals surface area contributed by atoms with Gasteiger partial charge in [-0.25, -0.2) is 0 Å². The van der Waals surface area contributed by atoms with Crippen LogP contribution in [0.1, 0.15) is 24.0 Å². The van der Waals surface area contributed by atoms with Gasteiger partial charge in [0.25, 0.3) is 0 Å². The highest BCUT2D eigenvalue weighted by Gasteiger charge is 2.27. The van der Waals surface area contributed by atoms with Crippen LogP contribution in [-0.2, 0) is 0 Å². The molecule has 0 aromatic carbocycles. The smallest absolute Gasteiger partial charge is 0.155 e. The molecule has 1 aliphatic carbocycles. The number of nitrogens with zero attached hydrogens (tertiary/aromatic N) is 4. The van der Waals surface area contributed by atoms with Gasteiger partial charge in [0.2, 0.25) is 0 Å². The van der Waals surface area contributed by atoms with E-state index in [4.69, 9.17) is 11.6 Å². The third kappa shape index (κ3) is 2.84. The maximum absolute atomic E-state index is 6.01. The van der Waals surface area contributed by atoms with Gasteiger partial charge >= 0.3 is 0 Å². The van der Waals surface area contributed by atoms with E-state index in [1.807, 2.05) is 6.92 Å². The zero-order valence-corrected chi connectivity index (χ0v) is 12.4. The van der Waals surface area contributed by atoms with Gasteiger partial charge in [-0.3, -0.25) is 4.90 Å². The van der Waals surface area contributed by atoms with Gasteiger partial charge in [-0.1, -0.05) is 11.6 Å². The number of hydrogen-bond donors (Lipinski definition) is 0. The highest BCUT2D eigenvalue weighted by molar-refractivity contribution is 6.30. The van der Waals surface area contributed by atoms with E-state index in [1.54, 1.807) is 0 Å². The molecule has 0 radical (unpaired) electrons. The Kier molecular flexibility index (Phi) is 3.63. The van der Waals surface area contributed by atoms with Crippen LogP contribution in [-0.4, -0.2) is 47.8 Å². The lowest BCUT2D eigenvalue weighted by molar-refractivity contribution is 0.247. The molecule has 1 saturated carbocycles. The Hall–Kier alpha value is -0.870. The van der Waals surface area contributed by atoms with E-state index in [0.29, 0.717) is 5.15 Å². The zero-order chi connectivity index (χ0) is 13.4. The van der Waals surface area contributed by atoms with Crippen molar-refractivity contribution in [1.29, 1.82) is 0 Å². The fourth-order valence-electron chi connectivity index (χ4n) is 2.67. The van der Waals surface area contributed by atoms with E-state index in [1.165, 1.54) is 19.4 Å². The molecule has 104 valence electrons. The summed E-state index contributed by atoms with van der Waals surface area (Å²) in [6.45, 7) is 9.75. The summed E-state index contributed by atoms with van der Waals surface area (Å²) in [5, 5.41) is 8.86. The van der Waals surface area contributed by atoms with Crippen molar-refractivity contribution in [2.45, 2.75) is 26.7 Å². The lowest BCUT2D eigenvalue weighted by Crippen LogP contribution is -2.47. The van der Waals surface area contributed by atoms with Gasteiger partial charge in [-0.15, -0.1) is 10.2 Å². The minimum absolute atomic E-state index is 0.522. The summed E-state index contributed by atoms with van der Waals surface area (Å²) in [6.07, 6.45) is 2.86. The minimum Gasteiger partial charge on any atom is -0.352 e. The van der Waals surface area contributed by atoms with Gasteiger partial charge in [-0.2, -0.15) is 0 Å². The molecular weight excluding hydrogens is 260 g/mol. The lowest BCUT2D eigenvalue weighted by Gasteiger charge is -2.36. The van der Waals surface area contributed by atoms with E-state index in [9.17, 15) is 0 Å². The molecule has 0 unspecified atom stereocenters. The highest BCUT2D eigenvalue weighted by Crippen LogP contribution is 2.30. The summed E-state index contributed by atoms with van der Waals surface area (Å²) < 4.78 is 0. The normalized spacial score (nSPS) is 20.9. The SMILES string of the molecule is Cc1c(Cl)nnc(N2CCN(CC3CC3)CC2)c1C. The molecule has 0 atom stereocenters. The highest BCUT2D eigenvalue weighted by atomic mass is 35.5. The molecule has 2 fully saturated rings. The molecule has 0 amide bonds. The maximum atomic E-state index is 6.01. The van der Waals surface area contributed by atoms with E-state index in [0.717, 1.165) is 49.0 Å². The van der Waals surface area contributed by atoms with Gasteiger partial charge in [-0.05, 0) is 43.7 Å². The number of halogens is 1. The minimum atomic E-state index is 0.522. The van der Waals surface area contributed by atoms with E-state index in [-0.39, 0.29) is 0 Å². The number of anilines is 1. The van der Waals surface area contributed by atoms with Gasteiger partial charge in [0.05, 0.1) is 0 Å².